The molecule has 0 saturated heterocycles. The van der Waals surface area contributed by atoms with E-state index in [1.807, 2.05) is 16.9 Å². The Balaban J connectivity index is 2.48. The highest BCUT2D eigenvalue weighted by Gasteiger charge is 2.22. The summed E-state index contributed by atoms with van der Waals surface area (Å²) in [5.74, 6) is 0. The van der Waals surface area contributed by atoms with Gasteiger partial charge in [0, 0.05) is 12.7 Å². The second-order valence-electron chi connectivity index (χ2n) is 4.44. The fraction of sp³-hybridized carbons (Fsp3) is 0.429. The second-order valence-corrected chi connectivity index (χ2v) is 4.85. The fourth-order valence-corrected chi connectivity index (χ4v) is 2.42. The van der Waals surface area contributed by atoms with Crippen LogP contribution in [0.3, 0.4) is 0 Å². The zero-order valence-corrected chi connectivity index (χ0v) is 12.3. The molecule has 0 aromatic carbocycles. The van der Waals surface area contributed by atoms with Crippen molar-refractivity contribution >= 4 is 11.6 Å². The number of rotatable bonds is 5. The molecule has 0 spiro atoms. The summed E-state index contributed by atoms with van der Waals surface area (Å²) in [7, 11) is 0. The Hall–Kier alpha value is -1.39. The van der Waals surface area contributed by atoms with Crippen molar-refractivity contribution in [3.63, 3.8) is 0 Å². The summed E-state index contributed by atoms with van der Waals surface area (Å²) in [5, 5.41) is 8.42. The number of aryl methyl sites for hydroxylation is 2. The van der Waals surface area contributed by atoms with Gasteiger partial charge in [-0.1, -0.05) is 18.5 Å². The van der Waals surface area contributed by atoms with E-state index in [4.69, 9.17) is 11.6 Å². The standard InChI is InChI=1S/C14H19ClN4/c1-4-16-13(12-8-10(3)6-7-17-12)14-11(15)9-18-19(14)5-2/h6-9,13,16H,4-5H2,1-3H3. The molecule has 0 aliphatic heterocycles. The van der Waals surface area contributed by atoms with Gasteiger partial charge in [0.05, 0.1) is 28.6 Å². The van der Waals surface area contributed by atoms with Crippen LogP contribution in [-0.4, -0.2) is 21.3 Å². The highest BCUT2D eigenvalue weighted by atomic mass is 35.5. The molecule has 102 valence electrons. The van der Waals surface area contributed by atoms with Crippen molar-refractivity contribution in [3.05, 3.63) is 46.5 Å². The first-order valence-electron chi connectivity index (χ1n) is 6.54. The van der Waals surface area contributed by atoms with Crippen LogP contribution in [0.2, 0.25) is 5.02 Å². The van der Waals surface area contributed by atoms with Gasteiger partial charge in [0.25, 0.3) is 0 Å². The van der Waals surface area contributed by atoms with Crippen LogP contribution in [-0.2, 0) is 6.54 Å². The Labute approximate surface area is 118 Å². The van der Waals surface area contributed by atoms with Crippen LogP contribution in [0, 0.1) is 6.92 Å². The quantitative estimate of drug-likeness (QED) is 0.914. The summed E-state index contributed by atoms with van der Waals surface area (Å²) < 4.78 is 1.92. The van der Waals surface area contributed by atoms with E-state index in [9.17, 15) is 0 Å². The van der Waals surface area contributed by atoms with E-state index >= 15 is 0 Å². The molecule has 1 N–H and O–H groups in total. The lowest BCUT2D eigenvalue weighted by Crippen LogP contribution is -2.26. The van der Waals surface area contributed by atoms with Gasteiger partial charge < -0.3 is 5.32 Å². The van der Waals surface area contributed by atoms with E-state index in [2.05, 4.69) is 42.2 Å². The number of hydrogen-bond donors (Lipinski definition) is 1. The zero-order valence-electron chi connectivity index (χ0n) is 11.5. The first-order valence-corrected chi connectivity index (χ1v) is 6.92. The molecule has 0 bridgehead atoms. The molecule has 0 fully saturated rings. The highest BCUT2D eigenvalue weighted by Crippen LogP contribution is 2.27. The van der Waals surface area contributed by atoms with Crippen molar-refractivity contribution in [1.29, 1.82) is 0 Å². The molecule has 2 aromatic rings. The molecule has 0 aliphatic rings. The van der Waals surface area contributed by atoms with Crippen molar-refractivity contribution in [1.82, 2.24) is 20.1 Å². The Morgan fingerprint density at radius 1 is 1.42 bits per heavy atom. The van der Waals surface area contributed by atoms with Crippen LogP contribution in [0.4, 0.5) is 0 Å². The summed E-state index contributed by atoms with van der Waals surface area (Å²) in [6.45, 7) is 7.82. The lowest BCUT2D eigenvalue weighted by Gasteiger charge is -2.19. The third-order valence-electron chi connectivity index (χ3n) is 3.05. The summed E-state index contributed by atoms with van der Waals surface area (Å²) in [5.41, 5.74) is 3.13. The molecule has 0 saturated carbocycles. The minimum absolute atomic E-state index is 0.0279. The van der Waals surface area contributed by atoms with Gasteiger partial charge in [0.1, 0.15) is 0 Å². The SMILES string of the molecule is CCNC(c1cc(C)ccn1)c1c(Cl)cnn1CC. The second kappa shape index (κ2) is 6.17. The first-order chi connectivity index (χ1) is 9.17. The van der Waals surface area contributed by atoms with E-state index in [1.54, 1.807) is 6.20 Å². The molecular formula is C14H19ClN4. The average Bonchev–Trinajstić information content (AvgIpc) is 2.77. The molecule has 0 amide bonds. The minimum atomic E-state index is -0.0279. The van der Waals surface area contributed by atoms with Crippen molar-refractivity contribution in [3.8, 4) is 0 Å². The van der Waals surface area contributed by atoms with Crippen LogP contribution in [0.15, 0.2) is 24.5 Å². The van der Waals surface area contributed by atoms with E-state index < -0.39 is 0 Å². The smallest absolute Gasteiger partial charge is 0.0937 e. The molecule has 2 aromatic heterocycles. The van der Waals surface area contributed by atoms with Gasteiger partial charge in [-0.25, -0.2) is 0 Å². The molecule has 2 rings (SSSR count). The van der Waals surface area contributed by atoms with Gasteiger partial charge in [-0.15, -0.1) is 0 Å². The van der Waals surface area contributed by atoms with Crippen molar-refractivity contribution in [2.45, 2.75) is 33.4 Å². The molecule has 2 heterocycles. The van der Waals surface area contributed by atoms with Crippen molar-refractivity contribution in [2.24, 2.45) is 0 Å². The van der Waals surface area contributed by atoms with Gasteiger partial charge >= 0.3 is 0 Å². The predicted octanol–water partition coefficient (Wildman–Crippen LogP) is 2.96. The largest absolute Gasteiger partial charge is 0.304 e. The molecule has 0 aliphatic carbocycles. The summed E-state index contributed by atoms with van der Waals surface area (Å²) in [4.78, 5) is 4.47. The van der Waals surface area contributed by atoms with E-state index in [0.29, 0.717) is 5.02 Å². The molecule has 1 atom stereocenters. The number of halogens is 1. The molecule has 1 unspecified atom stereocenters. The van der Waals surface area contributed by atoms with Gasteiger partial charge in [-0.3, -0.25) is 9.67 Å². The Morgan fingerprint density at radius 3 is 2.84 bits per heavy atom. The summed E-state index contributed by atoms with van der Waals surface area (Å²) >= 11 is 6.29. The number of nitrogens with zero attached hydrogens (tertiary/aromatic N) is 3. The van der Waals surface area contributed by atoms with Crippen molar-refractivity contribution < 1.29 is 0 Å². The minimum Gasteiger partial charge on any atom is -0.304 e. The maximum Gasteiger partial charge on any atom is 0.0937 e. The highest BCUT2D eigenvalue weighted by molar-refractivity contribution is 6.31. The Morgan fingerprint density at radius 2 is 2.21 bits per heavy atom. The maximum absolute atomic E-state index is 6.29. The average molecular weight is 279 g/mol. The molecule has 0 radical (unpaired) electrons. The van der Waals surface area contributed by atoms with Crippen LogP contribution >= 0.6 is 11.6 Å². The molecule has 4 nitrogen and oxygen atoms in total. The van der Waals surface area contributed by atoms with E-state index in [0.717, 1.165) is 24.5 Å². The van der Waals surface area contributed by atoms with Crippen molar-refractivity contribution in [2.75, 3.05) is 6.54 Å². The topological polar surface area (TPSA) is 42.7 Å². The lowest BCUT2D eigenvalue weighted by atomic mass is 10.1. The van der Waals surface area contributed by atoms with Gasteiger partial charge in [0.2, 0.25) is 0 Å². The summed E-state index contributed by atoms with van der Waals surface area (Å²) in [6, 6.07) is 4.04. The van der Waals surface area contributed by atoms with Gasteiger partial charge in [0.15, 0.2) is 0 Å². The van der Waals surface area contributed by atoms with E-state index in [-0.39, 0.29) is 6.04 Å². The fourth-order valence-electron chi connectivity index (χ4n) is 2.17. The molecule has 5 heteroatoms. The predicted molar refractivity (Wildman–Crippen MR) is 77.4 cm³/mol. The Bertz CT molecular complexity index is 550. The molecule has 19 heavy (non-hydrogen) atoms. The number of aromatic nitrogens is 3. The summed E-state index contributed by atoms with van der Waals surface area (Å²) in [6.07, 6.45) is 3.52. The number of hydrogen-bond acceptors (Lipinski definition) is 3. The lowest BCUT2D eigenvalue weighted by molar-refractivity contribution is 0.534. The van der Waals surface area contributed by atoms with Crippen LogP contribution < -0.4 is 5.32 Å². The first kappa shape index (κ1) is 14.0. The molecular weight excluding hydrogens is 260 g/mol. The van der Waals surface area contributed by atoms with E-state index in [1.165, 1.54) is 5.56 Å². The number of nitrogens with one attached hydrogen (secondary N) is 1. The normalized spacial score (nSPS) is 12.6. The van der Waals surface area contributed by atoms with Crippen LogP contribution in [0.1, 0.15) is 36.8 Å². The van der Waals surface area contributed by atoms with Gasteiger partial charge in [-0.05, 0) is 38.1 Å². The third kappa shape index (κ3) is 2.96. The third-order valence-corrected chi connectivity index (χ3v) is 3.34. The zero-order chi connectivity index (χ0) is 13.8. The monoisotopic (exact) mass is 278 g/mol. The van der Waals surface area contributed by atoms with Crippen LogP contribution in [0.5, 0.6) is 0 Å². The maximum atomic E-state index is 6.29. The van der Waals surface area contributed by atoms with Crippen LogP contribution in [0.25, 0.3) is 0 Å². The van der Waals surface area contributed by atoms with Gasteiger partial charge in [-0.2, -0.15) is 5.10 Å². The Kier molecular flexibility index (Phi) is 4.56. The number of pyridine rings is 1.